The number of nitrogens with zero attached hydrogens (tertiary/aromatic N) is 2. The Morgan fingerprint density at radius 1 is 1.07 bits per heavy atom. The Morgan fingerprint density at radius 3 is 2.52 bits per heavy atom. The molecule has 3 aliphatic rings. The fourth-order valence-corrected chi connectivity index (χ4v) is 5.25. The average Bonchev–Trinajstić information content (AvgIpc) is 3.16. The lowest BCUT2D eigenvalue weighted by atomic mass is 9.82. The van der Waals surface area contributed by atoms with E-state index in [9.17, 15) is 0 Å². The van der Waals surface area contributed by atoms with Gasteiger partial charge in [-0.1, -0.05) is 43.2 Å². The lowest BCUT2D eigenvalue weighted by molar-refractivity contribution is -0.0250. The summed E-state index contributed by atoms with van der Waals surface area (Å²) >= 11 is 0. The standard InChI is InChI=1S/C23H35N3O/c1-2-24-23(26-16-20-11-6-7-12-21(20)17-26)25-15-19-13-8-14-27-22(19)18-9-4-3-5-10-18/h3-5,9-10,19-22H,2,6-8,11-17H2,1H3,(H,24,25). The van der Waals surface area contributed by atoms with E-state index in [-0.39, 0.29) is 6.10 Å². The Balaban J connectivity index is 1.44. The summed E-state index contributed by atoms with van der Waals surface area (Å²) < 4.78 is 6.17. The summed E-state index contributed by atoms with van der Waals surface area (Å²) in [4.78, 5) is 7.64. The molecule has 148 valence electrons. The lowest BCUT2D eigenvalue weighted by Gasteiger charge is -2.32. The predicted molar refractivity (Wildman–Crippen MR) is 111 cm³/mol. The maximum absolute atomic E-state index is 6.17. The van der Waals surface area contributed by atoms with Crippen LogP contribution in [0.2, 0.25) is 0 Å². The Morgan fingerprint density at radius 2 is 1.81 bits per heavy atom. The molecule has 1 aliphatic carbocycles. The van der Waals surface area contributed by atoms with Crippen LogP contribution in [0.15, 0.2) is 35.3 Å². The third-order valence-electron chi connectivity index (χ3n) is 6.66. The van der Waals surface area contributed by atoms with Gasteiger partial charge in [-0.05, 0) is 50.0 Å². The number of rotatable bonds is 4. The van der Waals surface area contributed by atoms with Crippen molar-refractivity contribution in [3.63, 3.8) is 0 Å². The summed E-state index contributed by atoms with van der Waals surface area (Å²) in [5.74, 6) is 3.37. The molecular weight excluding hydrogens is 334 g/mol. The van der Waals surface area contributed by atoms with Gasteiger partial charge in [0.1, 0.15) is 0 Å². The second-order valence-electron chi connectivity index (χ2n) is 8.51. The van der Waals surface area contributed by atoms with Gasteiger partial charge in [-0.2, -0.15) is 0 Å². The van der Waals surface area contributed by atoms with Crippen molar-refractivity contribution in [1.82, 2.24) is 10.2 Å². The summed E-state index contributed by atoms with van der Waals surface area (Å²) in [5.41, 5.74) is 1.30. The normalized spacial score (nSPS) is 31.6. The quantitative estimate of drug-likeness (QED) is 0.637. The van der Waals surface area contributed by atoms with Crippen molar-refractivity contribution in [3.05, 3.63) is 35.9 Å². The van der Waals surface area contributed by atoms with Gasteiger partial charge in [-0.25, -0.2) is 0 Å². The monoisotopic (exact) mass is 369 g/mol. The summed E-state index contributed by atoms with van der Waals surface area (Å²) in [5, 5.41) is 3.56. The van der Waals surface area contributed by atoms with Gasteiger partial charge in [0.05, 0.1) is 6.10 Å². The van der Waals surface area contributed by atoms with Gasteiger partial charge in [-0.15, -0.1) is 0 Å². The van der Waals surface area contributed by atoms with Gasteiger partial charge in [0.25, 0.3) is 0 Å². The molecule has 4 atom stereocenters. The number of ether oxygens (including phenoxy) is 1. The van der Waals surface area contributed by atoms with Crippen molar-refractivity contribution < 1.29 is 4.74 Å². The van der Waals surface area contributed by atoms with Crippen LogP contribution in [0.3, 0.4) is 0 Å². The highest BCUT2D eigenvalue weighted by molar-refractivity contribution is 5.80. The maximum Gasteiger partial charge on any atom is 0.193 e. The van der Waals surface area contributed by atoms with Crippen LogP contribution in [-0.2, 0) is 4.74 Å². The SMILES string of the molecule is CCNC(=NCC1CCCOC1c1ccccc1)N1CC2CCCCC2C1. The molecule has 1 aromatic rings. The van der Waals surface area contributed by atoms with Crippen molar-refractivity contribution in [2.45, 2.75) is 51.6 Å². The van der Waals surface area contributed by atoms with Gasteiger partial charge in [0.15, 0.2) is 5.96 Å². The van der Waals surface area contributed by atoms with Crippen LogP contribution in [-0.4, -0.2) is 43.6 Å². The van der Waals surface area contributed by atoms with Crippen molar-refractivity contribution >= 4 is 5.96 Å². The summed E-state index contributed by atoms with van der Waals surface area (Å²) in [6, 6.07) is 10.7. The third kappa shape index (κ3) is 4.48. The topological polar surface area (TPSA) is 36.9 Å². The van der Waals surface area contributed by atoms with Crippen molar-refractivity contribution in [3.8, 4) is 0 Å². The number of likely N-dealkylation sites (tertiary alicyclic amines) is 1. The first-order valence-electron chi connectivity index (χ1n) is 11.0. The van der Waals surface area contributed by atoms with E-state index in [4.69, 9.17) is 9.73 Å². The van der Waals surface area contributed by atoms with E-state index < -0.39 is 0 Å². The predicted octanol–water partition coefficient (Wildman–Crippen LogP) is 4.24. The number of benzene rings is 1. The number of nitrogens with one attached hydrogen (secondary N) is 1. The summed E-state index contributed by atoms with van der Waals surface area (Å²) in [6.07, 6.45) is 8.19. The third-order valence-corrected chi connectivity index (χ3v) is 6.66. The van der Waals surface area contributed by atoms with E-state index in [2.05, 4.69) is 47.5 Å². The van der Waals surface area contributed by atoms with Crippen molar-refractivity contribution in [2.24, 2.45) is 22.7 Å². The summed E-state index contributed by atoms with van der Waals surface area (Å²) in [6.45, 7) is 7.23. The zero-order chi connectivity index (χ0) is 18.5. The van der Waals surface area contributed by atoms with E-state index in [1.54, 1.807) is 0 Å². The number of hydrogen-bond donors (Lipinski definition) is 1. The van der Waals surface area contributed by atoms with Crippen LogP contribution in [0, 0.1) is 17.8 Å². The molecule has 1 aromatic carbocycles. The molecule has 0 spiro atoms. The largest absolute Gasteiger partial charge is 0.373 e. The van der Waals surface area contributed by atoms with E-state index in [0.717, 1.165) is 43.9 Å². The van der Waals surface area contributed by atoms with E-state index in [0.29, 0.717) is 5.92 Å². The molecule has 0 radical (unpaired) electrons. The van der Waals surface area contributed by atoms with Crippen LogP contribution in [0.25, 0.3) is 0 Å². The van der Waals surface area contributed by atoms with Gasteiger partial charge >= 0.3 is 0 Å². The van der Waals surface area contributed by atoms with Crippen LogP contribution in [0.1, 0.15) is 57.1 Å². The Kier molecular flexibility index (Phi) is 6.33. The second kappa shape index (κ2) is 9.09. The Bertz CT molecular complexity index is 603. The molecule has 2 heterocycles. The van der Waals surface area contributed by atoms with E-state index in [1.165, 1.54) is 50.8 Å². The highest BCUT2D eigenvalue weighted by Crippen LogP contribution is 2.36. The van der Waals surface area contributed by atoms with Gasteiger partial charge in [-0.3, -0.25) is 4.99 Å². The molecule has 0 bridgehead atoms. The van der Waals surface area contributed by atoms with Crippen LogP contribution < -0.4 is 5.32 Å². The first kappa shape index (κ1) is 18.8. The van der Waals surface area contributed by atoms with Gasteiger partial charge in [0, 0.05) is 38.7 Å². The fourth-order valence-electron chi connectivity index (χ4n) is 5.25. The van der Waals surface area contributed by atoms with Crippen LogP contribution >= 0.6 is 0 Å². The average molecular weight is 370 g/mol. The van der Waals surface area contributed by atoms with Gasteiger partial charge < -0.3 is 15.0 Å². The fraction of sp³-hybridized carbons (Fsp3) is 0.696. The molecule has 0 amide bonds. The molecule has 4 unspecified atom stereocenters. The van der Waals surface area contributed by atoms with Crippen molar-refractivity contribution in [1.29, 1.82) is 0 Å². The molecule has 0 aromatic heterocycles. The zero-order valence-electron chi connectivity index (χ0n) is 16.8. The first-order chi connectivity index (χ1) is 13.3. The lowest BCUT2D eigenvalue weighted by Crippen LogP contribution is -2.41. The maximum atomic E-state index is 6.17. The minimum Gasteiger partial charge on any atom is -0.373 e. The van der Waals surface area contributed by atoms with Gasteiger partial charge in [0.2, 0.25) is 0 Å². The molecule has 3 fully saturated rings. The molecule has 27 heavy (non-hydrogen) atoms. The molecular formula is C23H35N3O. The molecule has 1 N–H and O–H groups in total. The molecule has 2 saturated heterocycles. The zero-order valence-corrected chi connectivity index (χ0v) is 16.8. The molecule has 4 rings (SSSR count). The molecule has 4 nitrogen and oxygen atoms in total. The van der Waals surface area contributed by atoms with E-state index in [1.807, 2.05) is 0 Å². The minimum atomic E-state index is 0.188. The highest BCUT2D eigenvalue weighted by Gasteiger charge is 2.36. The molecule has 2 aliphatic heterocycles. The smallest absolute Gasteiger partial charge is 0.193 e. The Hall–Kier alpha value is -1.55. The molecule has 4 heteroatoms. The van der Waals surface area contributed by atoms with Crippen molar-refractivity contribution in [2.75, 3.05) is 32.8 Å². The minimum absolute atomic E-state index is 0.188. The van der Waals surface area contributed by atoms with E-state index >= 15 is 0 Å². The first-order valence-corrected chi connectivity index (χ1v) is 11.0. The van der Waals surface area contributed by atoms with Crippen LogP contribution in [0.5, 0.6) is 0 Å². The summed E-state index contributed by atoms with van der Waals surface area (Å²) in [7, 11) is 0. The Labute approximate surface area is 164 Å². The number of hydrogen-bond acceptors (Lipinski definition) is 2. The highest BCUT2D eigenvalue weighted by atomic mass is 16.5. The number of aliphatic imine (C=N–C) groups is 1. The number of fused-ring (bicyclic) bond motifs is 1. The van der Waals surface area contributed by atoms with Crippen LogP contribution in [0.4, 0.5) is 0 Å². The number of guanidine groups is 1. The second-order valence-corrected chi connectivity index (χ2v) is 8.51. The molecule has 1 saturated carbocycles.